The standard InChI is InChI=1S/C14H15O4S.3C4H9.Sn/c1-3-17-13(15)7-5-6-12(14(16)18-4-2)11-8-9-19-10-11;3*1-3-4-2;/h5-6,8-10H,3-4H2,1-2H3;3*1,3-4H2,2H3;/b7-5?,12-6-;;;;. The van der Waals surface area contributed by atoms with Gasteiger partial charge in [-0.25, -0.2) is 0 Å². The van der Waals surface area contributed by atoms with Crippen molar-refractivity contribution in [2.75, 3.05) is 13.2 Å². The van der Waals surface area contributed by atoms with Crippen LogP contribution in [0.3, 0.4) is 0 Å². The average Bonchev–Trinajstić information content (AvgIpc) is 3.31. The number of carbonyl (C=O) groups is 2. The fraction of sp³-hybridized carbons (Fsp3) is 0.615. The zero-order valence-electron chi connectivity index (χ0n) is 20.7. The summed E-state index contributed by atoms with van der Waals surface area (Å²) in [5.74, 6) is -0.516. The van der Waals surface area contributed by atoms with Gasteiger partial charge >= 0.3 is 204 Å². The molecule has 0 aliphatic heterocycles. The number of hydrogen-bond donors (Lipinski definition) is 0. The molecule has 1 rings (SSSR count). The topological polar surface area (TPSA) is 52.6 Å². The summed E-state index contributed by atoms with van der Waals surface area (Å²) in [6.07, 6.45) is 10.6. The number of ether oxygens (including phenoxy) is 2. The van der Waals surface area contributed by atoms with Crippen LogP contribution in [0.1, 0.15) is 78.7 Å². The van der Waals surface area contributed by atoms with Gasteiger partial charge in [-0.2, -0.15) is 0 Å². The Balaban J connectivity index is 3.61. The molecule has 0 aromatic carbocycles. The van der Waals surface area contributed by atoms with E-state index in [9.17, 15) is 9.59 Å². The summed E-state index contributed by atoms with van der Waals surface area (Å²) in [7, 11) is 0. The van der Waals surface area contributed by atoms with Crippen molar-refractivity contribution >= 4 is 47.2 Å². The summed E-state index contributed by atoms with van der Waals surface area (Å²) in [5.41, 5.74) is 1.35. The molecule has 0 fully saturated rings. The maximum atomic E-state index is 13.3. The Morgan fingerprint density at radius 3 is 1.81 bits per heavy atom. The van der Waals surface area contributed by atoms with E-state index in [0.29, 0.717) is 18.8 Å². The molecule has 1 aromatic rings. The number of carbonyl (C=O) groups excluding carboxylic acids is 2. The molecule has 0 saturated heterocycles. The number of thiophene rings is 1. The van der Waals surface area contributed by atoms with Crippen LogP contribution in [0.15, 0.2) is 32.6 Å². The first kappa shape index (κ1) is 29.0. The van der Waals surface area contributed by atoms with Gasteiger partial charge in [0.2, 0.25) is 0 Å². The molecule has 0 spiro atoms. The van der Waals surface area contributed by atoms with E-state index in [1.807, 2.05) is 42.8 Å². The molecule has 6 heteroatoms. The predicted molar refractivity (Wildman–Crippen MR) is 139 cm³/mol. The summed E-state index contributed by atoms with van der Waals surface area (Å²) in [6, 6.07) is 1.92. The van der Waals surface area contributed by atoms with Crippen LogP contribution in [0.4, 0.5) is 0 Å². The summed E-state index contributed by atoms with van der Waals surface area (Å²) in [6.45, 7) is 11.0. The van der Waals surface area contributed by atoms with Gasteiger partial charge in [-0.05, 0) is 0 Å². The number of esters is 2. The van der Waals surface area contributed by atoms with Crippen molar-refractivity contribution in [2.45, 2.75) is 86.5 Å². The molecule has 4 nitrogen and oxygen atoms in total. The van der Waals surface area contributed by atoms with E-state index >= 15 is 0 Å². The van der Waals surface area contributed by atoms with E-state index in [0.717, 1.165) is 61.0 Å². The van der Waals surface area contributed by atoms with E-state index in [2.05, 4.69) is 20.8 Å². The summed E-state index contributed by atoms with van der Waals surface area (Å²) < 4.78 is 15.3. The third-order valence-corrected chi connectivity index (χ3v) is 22.1. The molecule has 0 atom stereocenters. The van der Waals surface area contributed by atoms with Crippen LogP contribution in [0.25, 0.3) is 5.57 Å². The van der Waals surface area contributed by atoms with Gasteiger partial charge in [0.15, 0.2) is 0 Å². The van der Waals surface area contributed by atoms with Gasteiger partial charge in [0, 0.05) is 0 Å². The first-order valence-corrected chi connectivity index (χ1v) is 20.7. The van der Waals surface area contributed by atoms with E-state index in [4.69, 9.17) is 9.47 Å². The fourth-order valence-electron chi connectivity index (χ4n) is 4.07. The SMILES string of the molecule is CCC[CH2][Sn]([CH2]CCC)([CH2]CCC)/[C](=C/C=C(\C(=O)OCC)c1ccsc1)C(=O)OCC. The molecule has 1 heterocycles. The Hall–Kier alpha value is -1.08. The van der Waals surface area contributed by atoms with Gasteiger partial charge in [-0.3, -0.25) is 0 Å². The Labute approximate surface area is 203 Å². The predicted octanol–water partition coefficient (Wildman–Crippen LogP) is 7.57. The molecule has 0 amide bonds. The zero-order valence-corrected chi connectivity index (χ0v) is 24.4. The maximum absolute atomic E-state index is 13.3. The first-order chi connectivity index (χ1) is 15.5. The molecular weight excluding hydrogens is 527 g/mol. The summed E-state index contributed by atoms with van der Waals surface area (Å²) in [5, 5.41) is 3.90. The second-order valence-electron chi connectivity index (χ2n) is 8.20. The van der Waals surface area contributed by atoms with E-state index < -0.39 is 18.4 Å². The molecule has 0 aliphatic carbocycles. The van der Waals surface area contributed by atoms with Gasteiger partial charge < -0.3 is 0 Å². The first-order valence-electron chi connectivity index (χ1n) is 12.3. The van der Waals surface area contributed by atoms with Gasteiger partial charge in [0.1, 0.15) is 0 Å². The third kappa shape index (κ3) is 9.05. The summed E-state index contributed by atoms with van der Waals surface area (Å²) >= 11 is -1.51. The Kier molecular flexibility index (Phi) is 14.9. The Morgan fingerprint density at radius 2 is 1.38 bits per heavy atom. The Morgan fingerprint density at radius 1 is 0.844 bits per heavy atom. The van der Waals surface area contributed by atoms with Crippen LogP contribution in [-0.4, -0.2) is 43.5 Å². The number of unbranched alkanes of at least 4 members (excludes halogenated alkanes) is 3. The number of rotatable bonds is 16. The zero-order chi connectivity index (χ0) is 23.8. The van der Waals surface area contributed by atoms with Crippen molar-refractivity contribution in [3.05, 3.63) is 38.1 Å². The van der Waals surface area contributed by atoms with E-state index in [-0.39, 0.29) is 11.9 Å². The Bertz CT molecular complexity index is 715. The van der Waals surface area contributed by atoms with Gasteiger partial charge in [-0.15, -0.1) is 0 Å². The van der Waals surface area contributed by atoms with Gasteiger partial charge in [-0.1, -0.05) is 0 Å². The number of allylic oxidation sites excluding steroid dienone is 2. The number of hydrogen-bond acceptors (Lipinski definition) is 5. The molecule has 0 unspecified atom stereocenters. The summed E-state index contributed by atoms with van der Waals surface area (Å²) in [4.78, 5) is 26.0. The van der Waals surface area contributed by atoms with Crippen LogP contribution in [0.2, 0.25) is 13.3 Å². The second kappa shape index (κ2) is 16.5. The van der Waals surface area contributed by atoms with Crippen molar-refractivity contribution in [1.82, 2.24) is 0 Å². The average molecular weight is 569 g/mol. The van der Waals surface area contributed by atoms with Crippen molar-refractivity contribution < 1.29 is 19.1 Å². The molecule has 0 N–H and O–H groups in total. The van der Waals surface area contributed by atoms with Crippen molar-refractivity contribution in [2.24, 2.45) is 0 Å². The molecule has 1 aromatic heterocycles. The fourth-order valence-corrected chi connectivity index (χ4v) is 20.7. The van der Waals surface area contributed by atoms with Crippen molar-refractivity contribution in [3.8, 4) is 0 Å². The monoisotopic (exact) mass is 570 g/mol. The van der Waals surface area contributed by atoms with Crippen LogP contribution >= 0.6 is 11.3 Å². The van der Waals surface area contributed by atoms with E-state index in [1.54, 1.807) is 11.3 Å². The molecule has 0 aliphatic rings. The third-order valence-electron chi connectivity index (χ3n) is 5.84. The minimum atomic E-state index is -3.05. The quantitative estimate of drug-likeness (QED) is 0.0892. The van der Waals surface area contributed by atoms with Gasteiger partial charge in [0.25, 0.3) is 0 Å². The van der Waals surface area contributed by atoms with Crippen LogP contribution in [0, 0.1) is 0 Å². The molecule has 0 radical (unpaired) electrons. The molecule has 0 saturated carbocycles. The van der Waals surface area contributed by atoms with Gasteiger partial charge in [0.05, 0.1) is 0 Å². The molecule has 32 heavy (non-hydrogen) atoms. The van der Waals surface area contributed by atoms with Crippen molar-refractivity contribution in [3.63, 3.8) is 0 Å². The second-order valence-corrected chi connectivity index (χ2v) is 22.1. The van der Waals surface area contributed by atoms with Crippen molar-refractivity contribution in [1.29, 1.82) is 0 Å². The molecule has 0 bridgehead atoms. The molecular formula is C26H42O4SSn. The van der Waals surface area contributed by atoms with Crippen LogP contribution in [0.5, 0.6) is 0 Å². The van der Waals surface area contributed by atoms with Crippen LogP contribution < -0.4 is 0 Å². The van der Waals surface area contributed by atoms with E-state index in [1.165, 1.54) is 0 Å². The molecule has 180 valence electrons. The van der Waals surface area contributed by atoms with Crippen LogP contribution in [-0.2, 0) is 19.1 Å². The normalized spacial score (nSPS) is 12.7. The minimum absolute atomic E-state index is 0.170.